The van der Waals surface area contributed by atoms with Crippen molar-refractivity contribution in [2.75, 3.05) is 6.54 Å². The van der Waals surface area contributed by atoms with Gasteiger partial charge in [0.1, 0.15) is 5.75 Å². The number of aromatic hydroxyl groups is 1. The number of aromatic amines is 1. The standard InChI is InChI=1S/C46H49ClN6O6/c47-35-11-7-28(8-12-35)20-33(25-43(56)41(52-44(57)6-3-17-48)23-34-27-51-39-14-13-36(54)26-38(34)39)46(59)53-40(21-29-15-18-50-19-16-29)42(55)24-32(45(49)58)22-31-10-9-30-4-1-2-5-37(30)31/h1-2,4-5,7-8,10-16,18-19,26-27,32-33,40-41,51,54H,3,6,9,17,20-25,48H2,(H2,49,58)(H,52,57)(H,53,59)/t32-,33+,40-,41-/m0/s1. The van der Waals surface area contributed by atoms with Crippen LogP contribution in [-0.2, 0) is 49.7 Å². The minimum atomic E-state index is -1.06. The van der Waals surface area contributed by atoms with Crippen molar-refractivity contribution in [3.05, 3.63) is 136 Å². The molecule has 0 spiro atoms. The van der Waals surface area contributed by atoms with Gasteiger partial charge in [0.05, 0.1) is 12.1 Å². The van der Waals surface area contributed by atoms with Gasteiger partial charge in [-0.3, -0.25) is 29.0 Å². The van der Waals surface area contributed by atoms with Gasteiger partial charge in [-0.1, -0.05) is 54.1 Å². The zero-order valence-electron chi connectivity index (χ0n) is 32.7. The molecular weight excluding hydrogens is 768 g/mol. The van der Waals surface area contributed by atoms with E-state index in [0.717, 1.165) is 39.8 Å². The third-order valence-corrected chi connectivity index (χ3v) is 11.1. The molecule has 0 bridgehead atoms. The molecule has 5 aromatic rings. The molecular formula is C46H49ClN6O6. The van der Waals surface area contributed by atoms with E-state index in [1.807, 2.05) is 24.3 Å². The zero-order chi connectivity index (χ0) is 41.9. The fraction of sp³-hybridized carbons (Fsp3) is 0.304. The lowest BCUT2D eigenvalue weighted by Gasteiger charge is -2.25. The van der Waals surface area contributed by atoms with E-state index in [-0.39, 0.29) is 62.4 Å². The Bertz CT molecular complexity index is 2330. The van der Waals surface area contributed by atoms with Crippen molar-refractivity contribution in [3.8, 4) is 5.75 Å². The molecule has 3 aromatic carbocycles. The molecule has 2 aromatic heterocycles. The summed E-state index contributed by atoms with van der Waals surface area (Å²) in [6.07, 6.45) is 8.32. The normalized spacial score (nSPS) is 14.1. The van der Waals surface area contributed by atoms with Crippen LogP contribution >= 0.6 is 11.6 Å². The summed E-state index contributed by atoms with van der Waals surface area (Å²) < 4.78 is 0. The van der Waals surface area contributed by atoms with Crippen LogP contribution in [-0.4, -0.2) is 63.0 Å². The van der Waals surface area contributed by atoms with Crippen LogP contribution < -0.4 is 22.1 Å². The lowest BCUT2D eigenvalue weighted by Crippen LogP contribution is -2.48. The predicted molar refractivity (Wildman–Crippen MR) is 227 cm³/mol. The molecule has 2 heterocycles. The van der Waals surface area contributed by atoms with E-state index in [1.54, 1.807) is 73.2 Å². The highest BCUT2D eigenvalue weighted by atomic mass is 35.5. The van der Waals surface area contributed by atoms with Gasteiger partial charge < -0.3 is 32.2 Å². The molecule has 0 aliphatic heterocycles. The third-order valence-electron chi connectivity index (χ3n) is 10.9. The number of nitrogens with zero attached hydrogens (tertiary/aromatic N) is 1. The number of aromatic nitrogens is 2. The Morgan fingerprint density at radius 2 is 1.51 bits per heavy atom. The van der Waals surface area contributed by atoms with Gasteiger partial charge in [-0.05, 0) is 115 Å². The molecule has 1 aliphatic carbocycles. The van der Waals surface area contributed by atoms with Gasteiger partial charge in [0, 0.05) is 72.0 Å². The summed E-state index contributed by atoms with van der Waals surface area (Å²) in [6, 6.07) is 21.1. The van der Waals surface area contributed by atoms with Gasteiger partial charge in [-0.15, -0.1) is 0 Å². The molecule has 3 amide bonds. The number of carbonyl (C=O) groups excluding carboxylic acids is 5. The number of hydrogen-bond acceptors (Lipinski definition) is 8. The van der Waals surface area contributed by atoms with Gasteiger partial charge in [0.2, 0.25) is 17.7 Å². The maximum absolute atomic E-state index is 14.5. The fourth-order valence-corrected chi connectivity index (χ4v) is 7.76. The third kappa shape index (κ3) is 11.5. The predicted octanol–water partition coefficient (Wildman–Crippen LogP) is 5.32. The number of fused-ring (bicyclic) bond motifs is 2. The van der Waals surface area contributed by atoms with Crippen molar-refractivity contribution < 1.29 is 29.1 Å². The Balaban J connectivity index is 1.26. The summed E-state index contributed by atoms with van der Waals surface area (Å²) in [5, 5.41) is 17.2. The van der Waals surface area contributed by atoms with E-state index in [4.69, 9.17) is 23.1 Å². The fourth-order valence-electron chi connectivity index (χ4n) is 7.64. The topological polar surface area (TPSA) is 210 Å². The number of benzene rings is 3. The molecule has 1 aliphatic rings. The van der Waals surface area contributed by atoms with Crippen molar-refractivity contribution in [1.29, 1.82) is 0 Å². The number of nitrogens with one attached hydrogen (secondary N) is 3. The number of Topliss-reactive ketones (excluding diaryl/α,β-unsaturated/α-hetero) is 2. The lowest BCUT2D eigenvalue weighted by atomic mass is 9.87. The number of hydrogen-bond donors (Lipinski definition) is 6. The highest BCUT2D eigenvalue weighted by molar-refractivity contribution is 6.30. The second-order valence-corrected chi connectivity index (χ2v) is 15.6. The highest BCUT2D eigenvalue weighted by Crippen LogP contribution is 2.33. The number of amides is 3. The Hall–Kier alpha value is -6.11. The summed E-state index contributed by atoms with van der Waals surface area (Å²) in [6.45, 7) is 0.294. The van der Waals surface area contributed by atoms with Crippen LogP contribution in [0.4, 0.5) is 0 Å². The van der Waals surface area contributed by atoms with E-state index in [9.17, 15) is 29.1 Å². The first-order valence-electron chi connectivity index (χ1n) is 19.8. The minimum Gasteiger partial charge on any atom is -0.508 e. The second-order valence-electron chi connectivity index (χ2n) is 15.1. The van der Waals surface area contributed by atoms with E-state index in [2.05, 4.69) is 26.7 Å². The lowest BCUT2D eigenvalue weighted by molar-refractivity contribution is -0.134. The minimum absolute atomic E-state index is 0.0480. The maximum atomic E-state index is 14.5. The highest BCUT2D eigenvalue weighted by Gasteiger charge is 2.33. The summed E-state index contributed by atoms with van der Waals surface area (Å²) >= 11 is 6.18. The van der Waals surface area contributed by atoms with Crippen LogP contribution in [0.3, 0.4) is 0 Å². The van der Waals surface area contributed by atoms with Crippen molar-refractivity contribution in [1.82, 2.24) is 20.6 Å². The molecule has 0 unspecified atom stereocenters. The number of halogens is 1. The van der Waals surface area contributed by atoms with Crippen LogP contribution in [0, 0.1) is 11.8 Å². The number of primary amides is 1. The first kappa shape index (κ1) is 42.5. The Morgan fingerprint density at radius 3 is 2.24 bits per heavy atom. The summed E-state index contributed by atoms with van der Waals surface area (Å²) in [4.78, 5) is 76.3. The monoisotopic (exact) mass is 816 g/mol. The first-order valence-corrected chi connectivity index (χ1v) is 20.2. The number of rotatable bonds is 21. The molecule has 12 nitrogen and oxygen atoms in total. The summed E-state index contributed by atoms with van der Waals surface area (Å²) in [7, 11) is 0. The van der Waals surface area contributed by atoms with E-state index in [1.165, 1.54) is 0 Å². The van der Waals surface area contributed by atoms with Gasteiger partial charge in [-0.2, -0.15) is 0 Å². The van der Waals surface area contributed by atoms with Crippen LogP contribution in [0.1, 0.15) is 59.9 Å². The summed E-state index contributed by atoms with van der Waals surface area (Å²) in [5.41, 5.74) is 17.6. The molecule has 6 rings (SSSR count). The number of carbonyl (C=O) groups is 5. The number of nitrogens with two attached hydrogens (primary N) is 2. The molecule has 4 atom stereocenters. The summed E-state index contributed by atoms with van der Waals surface area (Å²) in [5.74, 6) is -4.05. The van der Waals surface area contributed by atoms with Crippen molar-refractivity contribution in [2.45, 2.75) is 69.9 Å². The van der Waals surface area contributed by atoms with Crippen LogP contribution in [0.5, 0.6) is 5.75 Å². The molecule has 306 valence electrons. The molecule has 0 saturated carbocycles. The van der Waals surface area contributed by atoms with Crippen molar-refractivity contribution in [2.24, 2.45) is 23.3 Å². The molecule has 0 saturated heterocycles. The maximum Gasteiger partial charge on any atom is 0.224 e. The Kier molecular flexibility index (Phi) is 14.4. The number of phenolic OH excluding ortho intramolecular Hbond substituents is 1. The van der Waals surface area contributed by atoms with E-state index < -0.39 is 41.5 Å². The molecule has 0 radical (unpaired) electrons. The Labute approximate surface area is 347 Å². The zero-order valence-corrected chi connectivity index (χ0v) is 33.4. The quantitative estimate of drug-likeness (QED) is 0.0569. The molecule has 8 N–H and O–H groups in total. The van der Waals surface area contributed by atoms with Gasteiger partial charge in [-0.25, -0.2) is 0 Å². The number of pyridine rings is 1. The molecule has 59 heavy (non-hydrogen) atoms. The SMILES string of the molecule is NCCCC(=O)N[C@@H](Cc1c[nH]c2ccc(O)cc12)C(=O)C[C@@H](Cc1ccc(Cl)cc1)C(=O)N[C@@H](Cc1ccncc1)C(=O)C[C@H](CC1=CCc2ccccc21)C(N)=O. The van der Waals surface area contributed by atoms with Gasteiger partial charge in [0.15, 0.2) is 11.6 Å². The van der Waals surface area contributed by atoms with E-state index >= 15 is 0 Å². The molecule has 13 heteroatoms. The van der Waals surface area contributed by atoms with Crippen LogP contribution in [0.15, 0.2) is 104 Å². The smallest absolute Gasteiger partial charge is 0.224 e. The first-order chi connectivity index (χ1) is 28.5. The number of allylic oxidation sites excluding steroid dienone is 2. The van der Waals surface area contributed by atoms with Crippen LogP contribution in [0.2, 0.25) is 5.02 Å². The molecule has 0 fully saturated rings. The van der Waals surface area contributed by atoms with Gasteiger partial charge in [0.25, 0.3) is 0 Å². The van der Waals surface area contributed by atoms with Crippen LogP contribution in [0.25, 0.3) is 16.5 Å². The van der Waals surface area contributed by atoms with E-state index in [0.29, 0.717) is 28.9 Å². The Morgan fingerprint density at radius 1 is 0.814 bits per heavy atom. The van der Waals surface area contributed by atoms with Crippen molar-refractivity contribution in [3.63, 3.8) is 0 Å². The number of ketones is 2. The average Bonchev–Trinajstić information content (AvgIpc) is 3.83. The number of phenols is 1. The van der Waals surface area contributed by atoms with Crippen molar-refractivity contribution >= 4 is 57.4 Å². The number of H-pyrrole nitrogens is 1. The van der Waals surface area contributed by atoms with Gasteiger partial charge >= 0.3 is 0 Å². The second kappa shape index (κ2) is 20.0. The largest absolute Gasteiger partial charge is 0.508 e. The average molecular weight is 817 g/mol.